The topological polar surface area (TPSA) is 32.3 Å². The third-order valence-corrected chi connectivity index (χ3v) is 3.27. The van der Waals surface area contributed by atoms with Crippen LogP contribution in [0, 0.1) is 5.92 Å². The van der Waals surface area contributed by atoms with Gasteiger partial charge in [0.05, 0.1) is 0 Å². The van der Waals surface area contributed by atoms with Crippen molar-refractivity contribution in [1.29, 1.82) is 0 Å². The zero-order valence-electron chi connectivity index (χ0n) is 9.32. The summed E-state index contributed by atoms with van der Waals surface area (Å²) in [6.45, 7) is 1.85. The number of phenols is 1. The summed E-state index contributed by atoms with van der Waals surface area (Å²) in [6.07, 6.45) is 1.71. The molecule has 16 heavy (non-hydrogen) atoms. The van der Waals surface area contributed by atoms with Gasteiger partial charge in [-0.3, -0.25) is 0 Å². The van der Waals surface area contributed by atoms with Crippen LogP contribution in [0.2, 0.25) is 0 Å². The smallest absolute Gasteiger partial charge is 0.132 e. The van der Waals surface area contributed by atoms with E-state index in [0.29, 0.717) is 5.56 Å². The number of rotatable bonds is 2. The van der Waals surface area contributed by atoms with Crippen molar-refractivity contribution in [3.8, 4) is 5.75 Å². The van der Waals surface area contributed by atoms with Crippen molar-refractivity contribution < 1.29 is 9.50 Å². The van der Waals surface area contributed by atoms with Gasteiger partial charge in [0.25, 0.3) is 0 Å². The Bertz CT molecular complexity index is 334. The van der Waals surface area contributed by atoms with Gasteiger partial charge < -0.3 is 10.4 Å². The van der Waals surface area contributed by atoms with Crippen molar-refractivity contribution in [2.75, 3.05) is 13.1 Å². The summed E-state index contributed by atoms with van der Waals surface area (Å²) in [4.78, 5) is 0. The summed E-state index contributed by atoms with van der Waals surface area (Å²) in [5.74, 6) is 0.107. The molecular formula is C13H18FNO. The molecule has 1 aliphatic rings. The Labute approximate surface area is 95.5 Å². The molecule has 1 aliphatic heterocycles. The van der Waals surface area contributed by atoms with Crippen molar-refractivity contribution in [2.24, 2.45) is 5.92 Å². The highest BCUT2D eigenvalue weighted by molar-refractivity contribution is 5.34. The first-order valence-corrected chi connectivity index (χ1v) is 5.91. The lowest BCUT2D eigenvalue weighted by atomic mass is 9.90. The van der Waals surface area contributed by atoms with Crippen LogP contribution in [0.25, 0.3) is 0 Å². The van der Waals surface area contributed by atoms with Gasteiger partial charge in [-0.1, -0.05) is 18.2 Å². The Morgan fingerprint density at radius 3 is 2.88 bits per heavy atom. The van der Waals surface area contributed by atoms with E-state index in [2.05, 4.69) is 5.32 Å². The van der Waals surface area contributed by atoms with Gasteiger partial charge in [0.1, 0.15) is 11.9 Å². The van der Waals surface area contributed by atoms with E-state index in [9.17, 15) is 9.50 Å². The number of hydrogen-bond acceptors (Lipinski definition) is 2. The number of alkyl halides is 1. The molecule has 2 unspecified atom stereocenters. The lowest BCUT2D eigenvalue weighted by Crippen LogP contribution is -2.15. The highest BCUT2D eigenvalue weighted by atomic mass is 19.1. The molecule has 1 fully saturated rings. The van der Waals surface area contributed by atoms with Crippen LogP contribution in [0.15, 0.2) is 24.3 Å². The minimum Gasteiger partial charge on any atom is -0.508 e. The van der Waals surface area contributed by atoms with Crippen LogP contribution in [0.5, 0.6) is 5.75 Å². The summed E-state index contributed by atoms with van der Waals surface area (Å²) in [5, 5.41) is 12.9. The van der Waals surface area contributed by atoms with Crippen molar-refractivity contribution in [2.45, 2.75) is 25.4 Å². The molecule has 3 heteroatoms. The Morgan fingerprint density at radius 2 is 2.06 bits per heavy atom. The Morgan fingerprint density at radius 1 is 1.25 bits per heavy atom. The van der Waals surface area contributed by atoms with Crippen LogP contribution in [0.1, 0.15) is 31.0 Å². The highest BCUT2D eigenvalue weighted by Crippen LogP contribution is 2.36. The average Bonchev–Trinajstić information content (AvgIpc) is 2.57. The molecule has 0 aliphatic carbocycles. The standard InChI is InChI=1S/C13H18FNO/c14-13(10-4-3-8-15-9-7-10)11-5-1-2-6-12(11)16/h1-2,5-6,10,13,15-16H,3-4,7-9H2. The predicted octanol–water partition coefficient (Wildman–Crippen LogP) is 2.79. The van der Waals surface area contributed by atoms with E-state index in [0.717, 1.165) is 32.4 Å². The molecule has 1 aromatic carbocycles. The fourth-order valence-corrected chi connectivity index (χ4v) is 2.31. The number of nitrogens with one attached hydrogen (secondary N) is 1. The molecule has 0 amide bonds. The van der Waals surface area contributed by atoms with Crippen LogP contribution in [-0.4, -0.2) is 18.2 Å². The van der Waals surface area contributed by atoms with Crippen molar-refractivity contribution in [3.05, 3.63) is 29.8 Å². The normalized spacial score (nSPS) is 23.7. The molecule has 0 saturated carbocycles. The zero-order valence-corrected chi connectivity index (χ0v) is 9.32. The average molecular weight is 223 g/mol. The Balaban J connectivity index is 2.11. The van der Waals surface area contributed by atoms with E-state index in [1.165, 1.54) is 0 Å². The van der Waals surface area contributed by atoms with E-state index >= 15 is 0 Å². The first-order valence-electron chi connectivity index (χ1n) is 5.91. The molecular weight excluding hydrogens is 205 g/mol. The highest BCUT2D eigenvalue weighted by Gasteiger charge is 2.25. The van der Waals surface area contributed by atoms with Gasteiger partial charge >= 0.3 is 0 Å². The summed E-state index contributed by atoms with van der Waals surface area (Å²) in [6, 6.07) is 6.73. The number of halogens is 1. The minimum absolute atomic E-state index is 0.0308. The van der Waals surface area contributed by atoms with E-state index in [1.54, 1.807) is 24.3 Å². The van der Waals surface area contributed by atoms with Gasteiger partial charge in [-0.05, 0) is 44.3 Å². The monoisotopic (exact) mass is 223 g/mol. The third kappa shape index (κ3) is 2.53. The van der Waals surface area contributed by atoms with Crippen LogP contribution < -0.4 is 5.32 Å². The van der Waals surface area contributed by atoms with Gasteiger partial charge in [0.15, 0.2) is 0 Å². The van der Waals surface area contributed by atoms with E-state index in [4.69, 9.17) is 0 Å². The minimum atomic E-state index is -1.04. The number of aromatic hydroxyl groups is 1. The fourth-order valence-electron chi connectivity index (χ4n) is 2.31. The van der Waals surface area contributed by atoms with Crippen LogP contribution in [0.3, 0.4) is 0 Å². The SMILES string of the molecule is Oc1ccccc1C(F)C1CCCNCC1. The number of phenolic OH excluding ortho intramolecular Hbond substituents is 1. The van der Waals surface area contributed by atoms with E-state index in [-0.39, 0.29) is 11.7 Å². The Hall–Kier alpha value is -1.09. The summed E-state index contributed by atoms with van der Waals surface area (Å²) in [5.41, 5.74) is 0.439. The molecule has 1 heterocycles. The first-order chi connectivity index (χ1) is 7.79. The second-order valence-corrected chi connectivity index (χ2v) is 4.40. The lowest BCUT2D eigenvalue weighted by molar-refractivity contribution is 0.210. The maximum atomic E-state index is 14.3. The second-order valence-electron chi connectivity index (χ2n) is 4.40. The fraction of sp³-hybridized carbons (Fsp3) is 0.538. The van der Waals surface area contributed by atoms with Crippen LogP contribution in [-0.2, 0) is 0 Å². The van der Waals surface area contributed by atoms with Crippen LogP contribution >= 0.6 is 0 Å². The quantitative estimate of drug-likeness (QED) is 0.808. The molecule has 1 saturated heterocycles. The van der Waals surface area contributed by atoms with E-state index < -0.39 is 6.17 Å². The summed E-state index contributed by atoms with van der Waals surface area (Å²) >= 11 is 0. The van der Waals surface area contributed by atoms with Gasteiger partial charge in [-0.15, -0.1) is 0 Å². The predicted molar refractivity (Wildman–Crippen MR) is 62.2 cm³/mol. The summed E-state index contributed by atoms with van der Waals surface area (Å²) < 4.78 is 14.3. The maximum absolute atomic E-state index is 14.3. The maximum Gasteiger partial charge on any atom is 0.132 e. The lowest BCUT2D eigenvalue weighted by Gasteiger charge is -2.19. The molecule has 0 spiro atoms. The molecule has 1 aromatic rings. The summed E-state index contributed by atoms with van der Waals surface area (Å²) in [7, 11) is 0. The van der Waals surface area contributed by atoms with Crippen molar-refractivity contribution in [3.63, 3.8) is 0 Å². The molecule has 2 N–H and O–H groups in total. The molecule has 2 atom stereocenters. The van der Waals surface area contributed by atoms with Gasteiger partial charge in [0.2, 0.25) is 0 Å². The molecule has 0 aromatic heterocycles. The van der Waals surface area contributed by atoms with Crippen LogP contribution in [0.4, 0.5) is 4.39 Å². The van der Waals surface area contributed by atoms with Crippen molar-refractivity contribution >= 4 is 0 Å². The zero-order chi connectivity index (χ0) is 11.4. The van der Waals surface area contributed by atoms with Crippen molar-refractivity contribution in [1.82, 2.24) is 5.32 Å². The number of benzene rings is 1. The second kappa shape index (κ2) is 5.30. The molecule has 2 nitrogen and oxygen atoms in total. The number of para-hydroxylation sites is 1. The first kappa shape index (κ1) is 11.4. The molecule has 0 bridgehead atoms. The third-order valence-electron chi connectivity index (χ3n) is 3.27. The molecule has 0 radical (unpaired) electrons. The number of hydrogen-bond donors (Lipinski definition) is 2. The largest absolute Gasteiger partial charge is 0.508 e. The van der Waals surface area contributed by atoms with E-state index in [1.807, 2.05) is 0 Å². The molecule has 2 rings (SSSR count). The molecule has 88 valence electrons. The van der Waals surface area contributed by atoms with Gasteiger partial charge in [-0.25, -0.2) is 4.39 Å². The Kier molecular flexibility index (Phi) is 3.78. The van der Waals surface area contributed by atoms with Gasteiger partial charge in [0, 0.05) is 5.56 Å². The van der Waals surface area contributed by atoms with Gasteiger partial charge in [-0.2, -0.15) is 0 Å².